The van der Waals surface area contributed by atoms with E-state index >= 15 is 0 Å². The van der Waals surface area contributed by atoms with Crippen molar-refractivity contribution < 1.29 is 27.9 Å². The molecule has 0 atom stereocenters. The average molecular weight is 446 g/mol. The van der Waals surface area contributed by atoms with Gasteiger partial charge in [-0.05, 0) is 24.6 Å². The first-order valence-corrected chi connectivity index (χ1v) is 9.36. The van der Waals surface area contributed by atoms with Crippen LogP contribution in [0.3, 0.4) is 0 Å². The van der Waals surface area contributed by atoms with Crippen LogP contribution in [0.4, 0.5) is 13.2 Å². The lowest BCUT2D eigenvalue weighted by Gasteiger charge is -2.19. The van der Waals surface area contributed by atoms with Crippen molar-refractivity contribution in [3.05, 3.63) is 66.1 Å². The zero-order chi connectivity index (χ0) is 23.1. The fraction of sp³-hybridized carbons (Fsp3) is 0.250. The summed E-state index contributed by atoms with van der Waals surface area (Å²) in [5.41, 5.74) is 4.52. The van der Waals surface area contributed by atoms with Gasteiger partial charge in [0.25, 0.3) is 5.91 Å². The molecular weight excluding hydrogens is 429 g/mol. The number of pyridine rings is 1. The number of aliphatic carboxylic acids is 1. The van der Waals surface area contributed by atoms with Crippen LogP contribution < -0.4 is 0 Å². The molecule has 4 heterocycles. The summed E-state index contributed by atoms with van der Waals surface area (Å²) in [6.07, 6.45) is 4.50. The fourth-order valence-corrected chi connectivity index (χ4v) is 3.08. The van der Waals surface area contributed by atoms with Crippen LogP contribution in [0.5, 0.6) is 0 Å². The SMILES string of the molecule is O=C(O)C(F)(F)F.O=C(c1ccnnc1)N1CCc2ncnc(-c3cccnc3)c2CC1. The number of alkyl halides is 3. The second-order valence-corrected chi connectivity index (χ2v) is 6.62. The highest BCUT2D eigenvalue weighted by atomic mass is 19.4. The smallest absolute Gasteiger partial charge is 0.475 e. The van der Waals surface area contributed by atoms with E-state index in [-0.39, 0.29) is 5.91 Å². The minimum absolute atomic E-state index is 0.0291. The van der Waals surface area contributed by atoms with Crippen molar-refractivity contribution in [2.24, 2.45) is 0 Å². The summed E-state index contributed by atoms with van der Waals surface area (Å²) in [4.78, 5) is 36.5. The molecule has 9 nitrogen and oxygen atoms in total. The minimum Gasteiger partial charge on any atom is -0.475 e. The predicted octanol–water partition coefficient (Wildman–Crippen LogP) is 2.20. The van der Waals surface area contributed by atoms with Crippen molar-refractivity contribution in [1.29, 1.82) is 0 Å². The van der Waals surface area contributed by atoms with Gasteiger partial charge in [-0.2, -0.15) is 23.4 Å². The Labute approximate surface area is 180 Å². The maximum absolute atomic E-state index is 12.7. The molecule has 1 N–H and O–H groups in total. The molecule has 1 aliphatic rings. The summed E-state index contributed by atoms with van der Waals surface area (Å²) in [6, 6.07) is 5.58. The molecule has 166 valence electrons. The molecule has 0 saturated carbocycles. The molecule has 0 unspecified atom stereocenters. The van der Waals surface area contributed by atoms with E-state index in [0.29, 0.717) is 31.5 Å². The Kier molecular flexibility index (Phi) is 7.03. The number of hydrogen-bond donors (Lipinski definition) is 1. The Bertz CT molecular complexity index is 1080. The van der Waals surface area contributed by atoms with Crippen LogP contribution in [-0.4, -0.2) is 66.3 Å². The standard InChI is InChI=1S/C18H16N6O.C2HF3O2/c25-18(14-3-7-22-23-11-14)24-8-4-15-16(5-9-24)20-12-21-17(15)13-2-1-6-19-10-13;3-2(4,5)1(6)7/h1-3,6-7,10-12H,4-5,8-9H2;(H,6,7). The first kappa shape index (κ1) is 22.7. The zero-order valence-electron chi connectivity index (χ0n) is 16.5. The molecule has 1 amide bonds. The molecular formula is C20H17F3N6O3. The Morgan fingerprint density at radius 2 is 1.75 bits per heavy atom. The summed E-state index contributed by atoms with van der Waals surface area (Å²) >= 11 is 0. The number of nitrogens with zero attached hydrogens (tertiary/aromatic N) is 6. The third-order valence-corrected chi connectivity index (χ3v) is 4.58. The number of carbonyl (C=O) groups excluding carboxylic acids is 1. The van der Waals surface area contributed by atoms with E-state index in [1.54, 1.807) is 24.8 Å². The van der Waals surface area contributed by atoms with Gasteiger partial charge in [-0.3, -0.25) is 9.78 Å². The van der Waals surface area contributed by atoms with E-state index in [2.05, 4.69) is 25.1 Å². The van der Waals surface area contributed by atoms with Gasteiger partial charge in [0.1, 0.15) is 6.33 Å². The highest BCUT2D eigenvalue weighted by Gasteiger charge is 2.38. The third kappa shape index (κ3) is 5.59. The van der Waals surface area contributed by atoms with Crippen molar-refractivity contribution in [3.8, 4) is 11.3 Å². The Hall–Kier alpha value is -3.96. The van der Waals surface area contributed by atoms with Crippen LogP contribution in [0.1, 0.15) is 21.6 Å². The first-order valence-electron chi connectivity index (χ1n) is 9.36. The predicted molar refractivity (Wildman–Crippen MR) is 104 cm³/mol. The van der Waals surface area contributed by atoms with Gasteiger partial charge in [-0.25, -0.2) is 14.8 Å². The number of halogens is 3. The molecule has 3 aromatic heterocycles. The number of amides is 1. The van der Waals surface area contributed by atoms with E-state index in [1.165, 1.54) is 12.4 Å². The number of fused-ring (bicyclic) bond motifs is 1. The lowest BCUT2D eigenvalue weighted by atomic mass is 10.0. The summed E-state index contributed by atoms with van der Waals surface area (Å²) in [6.45, 7) is 1.24. The topological polar surface area (TPSA) is 122 Å². The van der Waals surface area contributed by atoms with Gasteiger partial charge in [0.2, 0.25) is 0 Å². The van der Waals surface area contributed by atoms with Gasteiger partial charge in [0, 0.05) is 48.7 Å². The third-order valence-electron chi connectivity index (χ3n) is 4.58. The normalized spacial score (nSPS) is 13.3. The van der Waals surface area contributed by atoms with Crippen LogP contribution in [0, 0.1) is 0 Å². The van der Waals surface area contributed by atoms with Crippen LogP contribution >= 0.6 is 0 Å². The average Bonchev–Trinajstić information content (AvgIpc) is 3.02. The van der Waals surface area contributed by atoms with E-state index in [1.807, 2.05) is 17.0 Å². The Morgan fingerprint density at radius 3 is 2.38 bits per heavy atom. The van der Waals surface area contributed by atoms with Gasteiger partial charge in [0.15, 0.2) is 0 Å². The number of rotatable bonds is 2. The van der Waals surface area contributed by atoms with Crippen LogP contribution in [0.15, 0.2) is 49.3 Å². The Morgan fingerprint density at radius 1 is 1.00 bits per heavy atom. The van der Waals surface area contributed by atoms with Gasteiger partial charge in [0.05, 0.1) is 23.7 Å². The van der Waals surface area contributed by atoms with Crippen LogP contribution in [0.25, 0.3) is 11.3 Å². The molecule has 0 fully saturated rings. The van der Waals surface area contributed by atoms with Crippen molar-refractivity contribution in [1.82, 2.24) is 30.0 Å². The quantitative estimate of drug-likeness (QED) is 0.636. The lowest BCUT2D eigenvalue weighted by Crippen LogP contribution is -2.33. The van der Waals surface area contributed by atoms with Gasteiger partial charge >= 0.3 is 12.1 Å². The zero-order valence-corrected chi connectivity index (χ0v) is 16.5. The molecule has 0 spiro atoms. The summed E-state index contributed by atoms with van der Waals surface area (Å²) in [7, 11) is 0. The van der Waals surface area contributed by atoms with Gasteiger partial charge in [-0.15, -0.1) is 0 Å². The molecule has 0 bridgehead atoms. The maximum Gasteiger partial charge on any atom is 0.490 e. The molecule has 0 saturated heterocycles. The highest BCUT2D eigenvalue weighted by molar-refractivity contribution is 5.93. The largest absolute Gasteiger partial charge is 0.490 e. The Balaban J connectivity index is 0.000000360. The molecule has 3 aromatic rings. The fourth-order valence-electron chi connectivity index (χ4n) is 3.08. The lowest BCUT2D eigenvalue weighted by molar-refractivity contribution is -0.192. The summed E-state index contributed by atoms with van der Waals surface area (Å²) in [5, 5.41) is 14.6. The van der Waals surface area contributed by atoms with Crippen molar-refractivity contribution in [3.63, 3.8) is 0 Å². The van der Waals surface area contributed by atoms with Gasteiger partial charge in [-0.1, -0.05) is 0 Å². The second-order valence-electron chi connectivity index (χ2n) is 6.62. The van der Waals surface area contributed by atoms with E-state index in [4.69, 9.17) is 9.90 Å². The summed E-state index contributed by atoms with van der Waals surface area (Å²) in [5.74, 6) is -2.79. The van der Waals surface area contributed by atoms with Crippen LogP contribution in [0.2, 0.25) is 0 Å². The maximum atomic E-state index is 12.7. The molecule has 1 aliphatic heterocycles. The molecule has 0 radical (unpaired) electrons. The van der Waals surface area contributed by atoms with Crippen molar-refractivity contribution >= 4 is 11.9 Å². The minimum atomic E-state index is -5.08. The molecule has 4 rings (SSSR count). The molecule has 12 heteroatoms. The van der Waals surface area contributed by atoms with Gasteiger partial charge < -0.3 is 10.0 Å². The molecule has 0 aromatic carbocycles. The van der Waals surface area contributed by atoms with E-state index < -0.39 is 12.1 Å². The monoisotopic (exact) mass is 446 g/mol. The van der Waals surface area contributed by atoms with Crippen molar-refractivity contribution in [2.45, 2.75) is 19.0 Å². The number of carbonyl (C=O) groups is 2. The molecule has 32 heavy (non-hydrogen) atoms. The highest BCUT2D eigenvalue weighted by Crippen LogP contribution is 2.25. The number of carboxylic acid groups (broad SMARTS) is 1. The second kappa shape index (κ2) is 9.90. The van der Waals surface area contributed by atoms with E-state index in [9.17, 15) is 18.0 Å². The molecule has 0 aliphatic carbocycles. The van der Waals surface area contributed by atoms with Crippen molar-refractivity contribution in [2.75, 3.05) is 13.1 Å². The van der Waals surface area contributed by atoms with E-state index in [0.717, 1.165) is 22.5 Å². The number of carboxylic acids is 1. The summed E-state index contributed by atoms with van der Waals surface area (Å²) < 4.78 is 31.7. The number of aromatic nitrogens is 5. The van der Waals surface area contributed by atoms with Crippen LogP contribution in [-0.2, 0) is 17.6 Å². The number of hydrogen-bond acceptors (Lipinski definition) is 7. The first-order chi connectivity index (χ1) is 15.3.